The van der Waals surface area contributed by atoms with Gasteiger partial charge in [0.25, 0.3) is 10.0 Å². The number of piperidine rings is 1. The summed E-state index contributed by atoms with van der Waals surface area (Å²) in [6, 6.07) is 0. The molecule has 1 amide bonds. The summed E-state index contributed by atoms with van der Waals surface area (Å²) in [5, 5.41) is 19.5. The van der Waals surface area contributed by atoms with E-state index in [-0.39, 0.29) is 27.8 Å². The zero-order valence-electron chi connectivity index (χ0n) is 11.1. The van der Waals surface area contributed by atoms with Crippen molar-refractivity contribution in [3.8, 4) is 0 Å². The number of anilines is 1. The minimum absolute atomic E-state index is 0.0541. The molecule has 1 aliphatic heterocycles. The van der Waals surface area contributed by atoms with Gasteiger partial charge in [-0.3, -0.25) is 4.79 Å². The van der Waals surface area contributed by atoms with Gasteiger partial charge in [-0.2, -0.15) is 4.31 Å². The number of amides is 1. The highest BCUT2D eigenvalue weighted by Gasteiger charge is 2.35. The van der Waals surface area contributed by atoms with Crippen LogP contribution in [0.5, 0.6) is 0 Å². The summed E-state index contributed by atoms with van der Waals surface area (Å²) in [7, 11) is -3.77. The Kier molecular flexibility index (Phi) is 4.37. The standard InChI is InChI=1S/C10H16N4O4S2/c1-6-3-4-14(5-8(6)16)20(17,18)10-13-12-9(19-10)11-7(2)15/h6,8,16H,3-5H2,1-2H3,(H,11,12,15). The fourth-order valence-corrected chi connectivity index (χ4v) is 4.42. The molecule has 2 heterocycles. The molecule has 1 aliphatic rings. The third-order valence-corrected chi connectivity index (χ3v) is 6.18. The van der Waals surface area contributed by atoms with E-state index < -0.39 is 16.1 Å². The molecule has 0 spiro atoms. The van der Waals surface area contributed by atoms with Crippen LogP contribution in [0.1, 0.15) is 20.3 Å². The molecule has 2 rings (SSSR count). The van der Waals surface area contributed by atoms with Crippen LogP contribution in [-0.4, -0.2) is 53.1 Å². The zero-order valence-corrected chi connectivity index (χ0v) is 12.7. The lowest BCUT2D eigenvalue weighted by atomic mass is 9.98. The average Bonchev–Trinajstić information content (AvgIpc) is 2.80. The lowest BCUT2D eigenvalue weighted by Crippen LogP contribution is -2.45. The van der Waals surface area contributed by atoms with Crippen LogP contribution in [0.3, 0.4) is 0 Å². The molecule has 20 heavy (non-hydrogen) atoms. The molecule has 1 aromatic rings. The van der Waals surface area contributed by atoms with Crippen LogP contribution < -0.4 is 5.32 Å². The topological polar surface area (TPSA) is 112 Å². The van der Waals surface area contributed by atoms with Gasteiger partial charge in [0, 0.05) is 20.0 Å². The van der Waals surface area contributed by atoms with E-state index in [0.29, 0.717) is 13.0 Å². The van der Waals surface area contributed by atoms with Crippen molar-refractivity contribution in [2.24, 2.45) is 5.92 Å². The number of nitrogens with zero attached hydrogens (tertiary/aromatic N) is 3. The number of aliphatic hydroxyl groups is 1. The Morgan fingerprint density at radius 3 is 2.80 bits per heavy atom. The molecule has 0 bridgehead atoms. The van der Waals surface area contributed by atoms with E-state index in [9.17, 15) is 18.3 Å². The average molecular weight is 320 g/mol. The normalized spacial score (nSPS) is 24.6. The number of aliphatic hydroxyl groups excluding tert-OH is 1. The van der Waals surface area contributed by atoms with Gasteiger partial charge in [-0.25, -0.2) is 8.42 Å². The number of carbonyl (C=O) groups excluding carboxylic acids is 1. The summed E-state index contributed by atoms with van der Waals surface area (Å²) in [5.41, 5.74) is 0. The SMILES string of the molecule is CC(=O)Nc1nnc(S(=O)(=O)N2CCC(C)C(O)C2)s1. The molecule has 8 nitrogen and oxygen atoms in total. The zero-order chi connectivity index (χ0) is 14.9. The van der Waals surface area contributed by atoms with E-state index in [0.717, 1.165) is 11.3 Å². The first-order valence-corrected chi connectivity index (χ1v) is 8.35. The molecule has 10 heteroatoms. The molecule has 0 aliphatic carbocycles. The molecule has 0 saturated carbocycles. The van der Waals surface area contributed by atoms with Crippen LogP contribution in [0.2, 0.25) is 0 Å². The third-order valence-electron chi connectivity index (χ3n) is 3.13. The molecule has 1 aromatic heterocycles. The number of hydrogen-bond acceptors (Lipinski definition) is 7. The summed E-state index contributed by atoms with van der Waals surface area (Å²) in [6.45, 7) is 3.58. The van der Waals surface area contributed by atoms with Gasteiger partial charge in [0.2, 0.25) is 15.4 Å². The van der Waals surface area contributed by atoms with Gasteiger partial charge in [-0.1, -0.05) is 18.3 Å². The van der Waals surface area contributed by atoms with Crippen molar-refractivity contribution in [1.82, 2.24) is 14.5 Å². The fraction of sp³-hybridized carbons (Fsp3) is 0.700. The molecule has 1 saturated heterocycles. The van der Waals surface area contributed by atoms with Crippen molar-refractivity contribution < 1.29 is 18.3 Å². The number of β-amino-alcohol motifs (C(OH)–C–C–N with tert-alkyl or cyclic N) is 1. The number of carbonyl (C=O) groups is 1. The monoisotopic (exact) mass is 320 g/mol. The molecular weight excluding hydrogens is 304 g/mol. The lowest BCUT2D eigenvalue weighted by Gasteiger charge is -2.32. The van der Waals surface area contributed by atoms with Crippen molar-refractivity contribution in [2.75, 3.05) is 18.4 Å². The summed E-state index contributed by atoms with van der Waals surface area (Å²) in [4.78, 5) is 10.9. The second-order valence-electron chi connectivity index (χ2n) is 4.75. The van der Waals surface area contributed by atoms with Crippen LogP contribution >= 0.6 is 11.3 Å². The maximum absolute atomic E-state index is 12.3. The summed E-state index contributed by atoms with van der Waals surface area (Å²) in [5.74, 6) is -0.266. The molecule has 2 unspecified atom stereocenters. The number of hydrogen-bond donors (Lipinski definition) is 2. The Morgan fingerprint density at radius 2 is 2.20 bits per heavy atom. The second kappa shape index (κ2) is 5.72. The number of rotatable bonds is 3. The van der Waals surface area contributed by atoms with Gasteiger partial charge in [0.05, 0.1) is 6.10 Å². The van der Waals surface area contributed by atoms with Crippen molar-refractivity contribution in [3.05, 3.63) is 0 Å². The first-order valence-electron chi connectivity index (χ1n) is 6.10. The highest BCUT2D eigenvalue weighted by molar-refractivity contribution is 7.91. The quantitative estimate of drug-likeness (QED) is 0.751. The van der Waals surface area contributed by atoms with Gasteiger partial charge in [-0.05, 0) is 12.3 Å². The molecule has 2 N–H and O–H groups in total. The van der Waals surface area contributed by atoms with Crippen molar-refractivity contribution in [3.63, 3.8) is 0 Å². The predicted molar refractivity (Wildman–Crippen MR) is 72.8 cm³/mol. The lowest BCUT2D eigenvalue weighted by molar-refractivity contribution is -0.114. The fourth-order valence-electron chi connectivity index (χ4n) is 1.86. The molecular formula is C10H16N4O4S2. The van der Waals surface area contributed by atoms with Crippen LogP contribution in [0.15, 0.2) is 4.34 Å². The van der Waals surface area contributed by atoms with E-state index in [1.165, 1.54) is 11.2 Å². The predicted octanol–water partition coefficient (Wildman–Crippen LogP) is -0.112. The largest absolute Gasteiger partial charge is 0.391 e. The van der Waals surface area contributed by atoms with Gasteiger partial charge in [-0.15, -0.1) is 10.2 Å². The van der Waals surface area contributed by atoms with E-state index in [2.05, 4.69) is 15.5 Å². The Labute approximate surface area is 120 Å². The molecule has 0 aromatic carbocycles. The van der Waals surface area contributed by atoms with Crippen LogP contribution in [0.4, 0.5) is 5.13 Å². The van der Waals surface area contributed by atoms with Gasteiger partial charge in [0.15, 0.2) is 0 Å². The van der Waals surface area contributed by atoms with E-state index >= 15 is 0 Å². The van der Waals surface area contributed by atoms with Crippen molar-refractivity contribution >= 4 is 32.4 Å². The van der Waals surface area contributed by atoms with Gasteiger partial charge < -0.3 is 10.4 Å². The summed E-state index contributed by atoms with van der Waals surface area (Å²) < 4.78 is 25.7. The highest BCUT2D eigenvalue weighted by atomic mass is 32.2. The molecule has 2 atom stereocenters. The van der Waals surface area contributed by atoms with Crippen LogP contribution in [-0.2, 0) is 14.8 Å². The number of sulfonamides is 1. The molecule has 1 fully saturated rings. The van der Waals surface area contributed by atoms with Crippen molar-refractivity contribution in [2.45, 2.75) is 30.7 Å². The summed E-state index contributed by atoms with van der Waals surface area (Å²) >= 11 is 0.798. The van der Waals surface area contributed by atoms with E-state index in [1.807, 2.05) is 6.92 Å². The van der Waals surface area contributed by atoms with E-state index in [4.69, 9.17) is 0 Å². The van der Waals surface area contributed by atoms with Crippen LogP contribution in [0, 0.1) is 5.92 Å². The maximum Gasteiger partial charge on any atom is 0.272 e. The van der Waals surface area contributed by atoms with Gasteiger partial charge >= 0.3 is 0 Å². The first kappa shape index (κ1) is 15.3. The van der Waals surface area contributed by atoms with Gasteiger partial charge in [0.1, 0.15) is 0 Å². The molecule has 0 radical (unpaired) electrons. The third kappa shape index (κ3) is 3.14. The second-order valence-corrected chi connectivity index (χ2v) is 7.84. The minimum atomic E-state index is -3.77. The molecule has 112 valence electrons. The van der Waals surface area contributed by atoms with Crippen molar-refractivity contribution in [1.29, 1.82) is 0 Å². The summed E-state index contributed by atoms with van der Waals surface area (Å²) in [6.07, 6.45) is -0.0844. The highest BCUT2D eigenvalue weighted by Crippen LogP contribution is 2.27. The first-order chi connectivity index (χ1) is 9.30. The Morgan fingerprint density at radius 1 is 1.50 bits per heavy atom. The van der Waals surface area contributed by atoms with Crippen LogP contribution in [0.25, 0.3) is 0 Å². The van der Waals surface area contributed by atoms with E-state index in [1.54, 1.807) is 0 Å². The smallest absolute Gasteiger partial charge is 0.272 e. The Balaban J connectivity index is 2.18. The maximum atomic E-state index is 12.3. The minimum Gasteiger partial charge on any atom is -0.391 e. The number of aromatic nitrogens is 2. The Hall–Kier alpha value is -1.10. The Bertz CT molecular complexity index is 600. The number of nitrogens with one attached hydrogen (secondary N) is 1.